The molecular formula is C24H30N6O2S. The molecule has 3 rings (SSSR count). The van der Waals surface area contributed by atoms with Crippen LogP contribution >= 0.6 is 11.8 Å². The molecule has 0 aliphatic rings. The summed E-state index contributed by atoms with van der Waals surface area (Å²) < 4.78 is 2.10. The van der Waals surface area contributed by atoms with Crippen LogP contribution in [0.5, 0.6) is 0 Å². The van der Waals surface area contributed by atoms with Gasteiger partial charge in [0.05, 0.1) is 18.3 Å². The minimum Gasteiger partial charge on any atom is -0.326 e. The van der Waals surface area contributed by atoms with Crippen molar-refractivity contribution < 1.29 is 9.59 Å². The molecule has 1 aromatic heterocycles. The lowest BCUT2D eigenvalue weighted by atomic mass is 10.2. The smallest absolute Gasteiger partial charge is 0.234 e. The van der Waals surface area contributed by atoms with E-state index in [1.807, 2.05) is 32.3 Å². The van der Waals surface area contributed by atoms with Gasteiger partial charge in [-0.3, -0.25) is 14.5 Å². The first-order valence-corrected chi connectivity index (χ1v) is 11.8. The molecule has 2 N–H and O–H groups in total. The topological polar surface area (TPSA) is 92.1 Å². The summed E-state index contributed by atoms with van der Waals surface area (Å²) in [5.41, 5.74) is 2.50. The van der Waals surface area contributed by atoms with Gasteiger partial charge in [-0.1, -0.05) is 49.0 Å². The lowest BCUT2D eigenvalue weighted by Gasteiger charge is -2.23. The summed E-state index contributed by atoms with van der Waals surface area (Å²) in [5, 5.41) is 15.2. The number of nitrogens with one attached hydrogen (secondary N) is 2. The summed E-state index contributed by atoms with van der Waals surface area (Å²) in [5.74, 6) is 0.825. The van der Waals surface area contributed by atoms with Crippen molar-refractivity contribution in [1.29, 1.82) is 0 Å². The Morgan fingerprint density at radius 1 is 1.00 bits per heavy atom. The van der Waals surface area contributed by atoms with Crippen LogP contribution in [0.4, 0.5) is 11.4 Å². The zero-order valence-corrected chi connectivity index (χ0v) is 20.2. The van der Waals surface area contributed by atoms with Gasteiger partial charge in [-0.05, 0) is 50.3 Å². The molecule has 33 heavy (non-hydrogen) atoms. The van der Waals surface area contributed by atoms with Crippen molar-refractivity contribution in [3.8, 4) is 0 Å². The Labute approximate surface area is 198 Å². The Kier molecular flexibility index (Phi) is 8.62. The van der Waals surface area contributed by atoms with Crippen LogP contribution in [-0.4, -0.2) is 51.3 Å². The van der Waals surface area contributed by atoms with Crippen LogP contribution in [0.3, 0.4) is 0 Å². The van der Waals surface area contributed by atoms with Crippen molar-refractivity contribution in [2.75, 3.05) is 30.5 Å². The van der Waals surface area contributed by atoms with Crippen LogP contribution < -0.4 is 10.6 Å². The molecule has 9 heteroatoms. The number of thioether (sulfide) groups is 1. The van der Waals surface area contributed by atoms with Crippen LogP contribution in [-0.2, 0) is 16.1 Å². The lowest BCUT2D eigenvalue weighted by molar-refractivity contribution is -0.114. The van der Waals surface area contributed by atoms with Crippen molar-refractivity contribution in [2.45, 2.75) is 38.0 Å². The van der Waals surface area contributed by atoms with Crippen LogP contribution in [0.15, 0.2) is 59.8 Å². The van der Waals surface area contributed by atoms with Gasteiger partial charge >= 0.3 is 0 Å². The van der Waals surface area contributed by atoms with E-state index < -0.39 is 0 Å². The molecule has 0 aliphatic heterocycles. The van der Waals surface area contributed by atoms with Gasteiger partial charge < -0.3 is 15.2 Å². The number of aromatic nitrogens is 3. The second-order valence-corrected chi connectivity index (χ2v) is 8.84. The Morgan fingerprint density at radius 3 is 2.21 bits per heavy atom. The van der Waals surface area contributed by atoms with E-state index in [0.29, 0.717) is 23.1 Å². The fraction of sp³-hybridized carbons (Fsp3) is 0.333. The Morgan fingerprint density at radius 2 is 1.64 bits per heavy atom. The summed E-state index contributed by atoms with van der Waals surface area (Å²) in [6, 6.07) is 17.3. The molecule has 1 heterocycles. The second-order valence-electron chi connectivity index (χ2n) is 7.90. The van der Waals surface area contributed by atoms with Crippen LogP contribution in [0.2, 0.25) is 0 Å². The van der Waals surface area contributed by atoms with E-state index in [2.05, 4.69) is 49.4 Å². The van der Waals surface area contributed by atoms with E-state index in [1.54, 1.807) is 24.3 Å². The van der Waals surface area contributed by atoms with Gasteiger partial charge in [-0.25, -0.2) is 0 Å². The first-order chi connectivity index (χ1) is 15.9. The third kappa shape index (κ3) is 6.90. The zero-order chi connectivity index (χ0) is 23.8. The van der Waals surface area contributed by atoms with E-state index in [4.69, 9.17) is 0 Å². The largest absolute Gasteiger partial charge is 0.326 e. The molecule has 0 unspecified atom stereocenters. The zero-order valence-electron chi connectivity index (χ0n) is 19.4. The molecule has 3 aromatic rings. The van der Waals surface area contributed by atoms with Crippen molar-refractivity contribution >= 4 is 35.0 Å². The predicted octanol–water partition coefficient (Wildman–Crippen LogP) is 4.03. The minimum atomic E-state index is -0.137. The maximum atomic E-state index is 12.6. The number of carbonyl (C=O) groups is 2. The molecule has 0 saturated carbocycles. The second kappa shape index (κ2) is 11.6. The predicted molar refractivity (Wildman–Crippen MR) is 132 cm³/mol. The lowest BCUT2D eigenvalue weighted by Crippen LogP contribution is -2.23. The van der Waals surface area contributed by atoms with E-state index in [0.717, 1.165) is 17.8 Å². The van der Waals surface area contributed by atoms with E-state index in [1.165, 1.54) is 18.7 Å². The molecule has 2 aromatic carbocycles. The van der Waals surface area contributed by atoms with Crippen molar-refractivity contribution in [1.82, 2.24) is 19.7 Å². The van der Waals surface area contributed by atoms with Gasteiger partial charge in [0.15, 0.2) is 11.0 Å². The average Bonchev–Trinajstić information content (AvgIpc) is 3.16. The average molecular weight is 467 g/mol. The Hall–Kier alpha value is -3.17. The first kappa shape index (κ1) is 24.5. The van der Waals surface area contributed by atoms with Crippen molar-refractivity contribution in [3.63, 3.8) is 0 Å². The van der Waals surface area contributed by atoms with E-state index >= 15 is 0 Å². The molecule has 0 saturated heterocycles. The third-order valence-corrected chi connectivity index (χ3v) is 6.03. The highest BCUT2D eigenvalue weighted by atomic mass is 32.2. The van der Waals surface area contributed by atoms with Crippen molar-refractivity contribution in [2.24, 2.45) is 0 Å². The number of anilines is 2. The molecule has 0 bridgehead atoms. The molecule has 0 aliphatic carbocycles. The summed E-state index contributed by atoms with van der Waals surface area (Å²) in [4.78, 5) is 25.8. The highest BCUT2D eigenvalue weighted by Crippen LogP contribution is 2.26. The molecule has 0 spiro atoms. The van der Waals surface area contributed by atoms with Crippen molar-refractivity contribution in [3.05, 3.63) is 66.0 Å². The quantitative estimate of drug-likeness (QED) is 0.439. The first-order valence-electron chi connectivity index (χ1n) is 10.8. The normalized spacial score (nSPS) is 11.9. The third-order valence-electron chi connectivity index (χ3n) is 5.06. The fourth-order valence-electron chi connectivity index (χ4n) is 3.51. The maximum absolute atomic E-state index is 12.6. The monoisotopic (exact) mass is 466 g/mol. The van der Waals surface area contributed by atoms with Gasteiger partial charge in [0.1, 0.15) is 0 Å². The number of nitrogens with zero attached hydrogens (tertiary/aromatic N) is 4. The minimum absolute atomic E-state index is 0.131. The summed E-state index contributed by atoms with van der Waals surface area (Å²) in [6.07, 6.45) is 0.902. The van der Waals surface area contributed by atoms with Gasteiger partial charge in [0.2, 0.25) is 11.8 Å². The van der Waals surface area contributed by atoms with Crippen LogP contribution in [0.25, 0.3) is 0 Å². The van der Waals surface area contributed by atoms with Gasteiger partial charge in [0.25, 0.3) is 0 Å². The SMILES string of the molecule is CC[C@H](c1nnc(SCC(=O)Nc2ccc(NC(C)=O)cc2)n1Cc1ccccc1)N(C)C. The molecule has 174 valence electrons. The van der Waals surface area contributed by atoms with E-state index in [-0.39, 0.29) is 23.6 Å². The number of hydrogen-bond acceptors (Lipinski definition) is 6. The number of amides is 2. The number of carbonyl (C=O) groups excluding carboxylic acids is 2. The standard InChI is InChI=1S/C24H30N6O2S/c1-5-21(29(3)4)23-27-28-24(30(23)15-18-9-7-6-8-10-18)33-16-22(32)26-20-13-11-19(12-14-20)25-17(2)31/h6-14,21H,5,15-16H2,1-4H3,(H,25,31)(H,26,32)/t21-/m1/s1. The fourth-order valence-corrected chi connectivity index (χ4v) is 4.26. The summed E-state index contributed by atoms with van der Waals surface area (Å²) >= 11 is 1.37. The number of benzene rings is 2. The summed E-state index contributed by atoms with van der Waals surface area (Å²) in [6.45, 7) is 4.22. The van der Waals surface area contributed by atoms with E-state index in [9.17, 15) is 9.59 Å². The highest BCUT2D eigenvalue weighted by molar-refractivity contribution is 7.99. The number of hydrogen-bond donors (Lipinski definition) is 2. The van der Waals surface area contributed by atoms with Gasteiger partial charge in [0, 0.05) is 18.3 Å². The molecule has 8 nitrogen and oxygen atoms in total. The molecule has 1 atom stereocenters. The van der Waals surface area contributed by atoms with Gasteiger partial charge in [-0.15, -0.1) is 10.2 Å². The molecule has 0 fully saturated rings. The van der Waals surface area contributed by atoms with Crippen LogP contribution in [0, 0.1) is 0 Å². The maximum Gasteiger partial charge on any atom is 0.234 e. The highest BCUT2D eigenvalue weighted by Gasteiger charge is 2.22. The summed E-state index contributed by atoms with van der Waals surface area (Å²) in [7, 11) is 4.07. The molecular weight excluding hydrogens is 436 g/mol. The Bertz CT molecular complexity index is 1070. The Balaban J connectivity index is 1.71. The van der Waals surface area contributed by atoms with Crippen LogP contribution in [0.1, 0.15) is 37.7 Å². The molecule has 2 amide bonds. The number of rotatable bonds is 10. The molecule has 0 radical (unpaired) electrons. The van der Waals surface area contributed by atoms with Gasteiger partial charge in [-0.2, -0.15) is 0 Å².